The Kier molecular flexibility index (Phi) is 6.06. The fourth-order valence-electron chi connectivity index (χ4n) is 4.29. The van der Waals surface area contributed by atoms with Crippen molar-refractivity contribution in [3.63, 3.8) is 0 Å². The summed E-state index contributed by atoms with van der Waals surface area (Å²) < 4.78 is 68.1. The molecule has 1 aromatic heterocycles. The van der Waals surface area contributed by atoms with Crippen molar-refractivity contribution in [2.75, 3.05) is 31.0 Å². The highest BCUT2D eigenvalue weighted by Gasteiger charge is 2.46. The van der Waals surface area contributed by atoms with Crippen molar-refractivity contribution in [2.24, 2.45) is 0 Å². The third-order valence-corrected chi connectivity index (χ3v) is 6.09. The van der Waals surface area contributed by atoms with Crippen LogP contribution in [0, 0.1) is 11.6 Å². The zero-order chi connectivity index (χ0) is 26.3. The van der Waals surface area contributed by atoms with Crippen molar-refractivity contribution in [1.29, 1.82) is 0 Å². The molecule has 37 heavy (non-hydrogen) atoms. The highest BCUT2D eigenvalue weighted by Crippen LogP contribution is 2.45. The molecule has 1 N–H and O–H groups in total. The normalized spacial score (nSPS) is 13.9. The minimum Gasteiger partial charge on any atom is -0.493 e. The van der Waals surface area contributed by atoms with Crippen molar-refractivity contribution in [3.05, 3.63) is 77.6 Å². The number of amides is 1. The predicted molar refractivity (Wildman–Crippen MR) is 129 cm³/mol. The number of nitrogens with one attached hydrogen (secondary N) is 1. The van der Waals surface area contributed by atoms with Gasteiger partial charge in [0.2, 0.25) is 5.91 Å². The van der Waals surface area contributed by atoms with Gasteiger partial charge in [0.05, 0.1) is 38.4 Å². The van der Waals surface area contributed by atoms with Gasteiger partial charge in [0.15, 0.2) is 11.5 Å². The third kappa shape index (κ3) is 4.48. The smallest absolute Gasteiger partial charge is 0.292 e. The zero-order valence-corrected chi connectivity index (χ0v) is 19.7. The Bertz CT molecular complexity index is 1530. The minimum absolute atomic E-state index is 0.00341. The Morgan fingerprint density at radius 3 is 2.54 bits per heavy atom. The lowest BCUT2D eigenvalue weighted by molar-refractivity contribution is -0.118. The number of benzene rings is 3. The first kappa shape index (κ1) is 24.3. The number of carbonyl (C=O) groups excluding carboxylic acids is 1. The van der Waals surface area contributed by atoms with Crippen molar-refractivity contribution >= 4 is 34.0 Å². The molecule has 0 fully saturated rings. The molecule has 4 aromatic rings. The average molecular weight is 512 g/mol. The molecule has 0 aliphatic carbocycles. The van der Waals surface area contributed by atoms with E-state index in [4.69, 9.17) is 9.47 Å². The van der Waals surface area contributed by atoms with E-state index in [0.29, 0.717) is 33.9 Å². The molecule has 0 saturated carbocycles. The number of nitrogens with zero attached hydrogens (tertiary/aromatic N) is 3. The van der Waals surface area contributed by atoms with Gasteiger partial charge in [0.1, 0.15) is 23.8 Å². The Hall–Kier alpha value is -4.41. The maximum Gasteiger partial charge on any atom is 0.292 e. The molecule has 0 spiro atoms. The van der Waals surface area contributed by atoms with E-state index in [1.807, 2.05) is 0 Å². The lowest BCUT2D eigenvalue weighted by atomic mass is 10.1. The summed E-state index contributed by atoms with van der Waals surface area (Å²) in [5, 5.41) is 3.60. The van der Waals surface area contributed by atoms with Gasteiger partial charge >= 0.3 is 0 Å². The SMILES string of the molecule is COc1cc2ncnc(Nc3ccc4c(c3)C(F)(F)CN4C(=O)Cc3cc(F)ccc3F)c2cc1OC. The Labute approximate surface area is 208 Å². The van der Waals surface area contributed by atoms with Crippen molar-refractivity contribution in [3.8, 4) is 11.5 Å². The quantitative estimate of drug-likeness (QED) is 0.351. The second-order valence-corrected chi connectivity index (χ2v) is 8.40. The first-order valence-electron chi connectivity index (χ1n) is 11.1. The van der Waals surface area contributed by atoms with Gasteiger partial charge in [-0.2, -0.15) is 8.78 Å². The average Bonchev–Trinajstić information content (AvgIpc) is 3.15. The van der Waals surface area contributed by atoms with E-state index < -0.39 is 36.4 Å². The number of hydrogen-bond acceptors (Lipinski definition) is 6. The van der Waals surface area contributed by atoms with Crippen LogP contribution in [0.2, 0.25) is 0 Å². The molecule has 5 rings (SSSR count). The number of halogens is 4. The topological polar surface area (TPSA) is 76.6 Å². The second-order valence-electron chi connectivity index (χ2n) is 8.40. The molecule has 11 heteroatoms. The van der Waals surface area contributed by atoms with Crippen molar-refractivity contribution in [2.45, 2.75) is 12.3 Å². The summed E-state index contributed by atoms with van der Waals surface area (Å²) in [6, 6.07) is 10.2. The van der Waals surface area contributed by atoms with Crippen LogP contribution in [0.1, 0.15) is 11.1 Å². The molecule has 1 aliphatic heterocycles. The number of anilines is 3. The van der Waals surface area contributed by atoms with E-state index in [2.05, 4.69) is 15.3 Å². The summed E-state index contributed by atoms with van der Waals surface area (Å²) in [5.74, 6) is -4.37. The van der Waals surface area contributed by atoms with Gasteiger partial charge in [-0.25, -0.2) is 18.7 Å². The standard InChI is InChI=1S/C26H20F4N4O3/c1-36-22-10-17-20(11-23(22)37-2)31-13-32-25(17)33-16-4-6-21-18(9-16)26(29,30)12-34(21)24(35)8-14-7-15(27)3-5-19(14)28/h3-7,9-11,13H,8,12H2,1-2H3,(H,31,32,33). The number of ether oxygens (including phenoxy) is 2. The van der Waals surface area contributed by atoms with Crippen LogP contribution >= 0.6 is 0 Å². The van der Waals surface area contributed by atoms with Crippen LogP contribution in [-0.4, -0.2) is 36.6 Å². The Morgan fingerprint density at radius 2 is 1.78 bits per heavy atom. The summed E-state index contributed by atoms with van der Waals surface area (Å²) >= 11 is 0. The summed E-state index contributed by atoms with van der Waals surface area (Å²) in [4.78, 5) is 22.2. The van der Waals surface area contributed by atoms with Crippen LogP contribution in [0.15, 0.2) is 54.9 Å². The van der Waals surface area contributed by atoms with E-state index in [-0.39, 0.29) is 16.8 Å². The number of methoxy groups -OCH3 is 2. The fourth-order valence-corrected chi connectivity index (χ4v) is 4.29. The Balaban J connectivity index is 1.45. The molecule has 0 radical (unpaired) electrons. The van der Waals surface area contributed by atoms with Gasteiger partial charge < -0.3 is 19.7 Å². The summed E-state index contributed by atoms with van der Waals surface area (Å²) in [5.41, 5.74) is 0.268. The molecule has 190 valence electrons. The first-order chi connectivity index (χ1) is 17.7. The summed E-state index contributed by atoms with van der Waals surface area (Å²) in [6.45, 7) is -0.908. The van der Waals surface area contributed by atoms with Crippen LogP contribution in [0.25, 0.3) is 10.9 Å². The molecule has 0 atom stereocenters. The van der Waals surface area contributed by atoms with E-state index in [1.54, 1.807) is 12.1 Å². The van der Waals surface area contributed by atoms with Gasteiger partial charge in [-0.1, -0.05) is 0 Å². The molecule has 1 amide bonds. The van der Waals surface area contributed by atoms with Crippen LogP contribution < -0.4 is 19.7 Å². The lowest BCUT2D eigenvalue weighted by Crippen LogP contribution is -2.34. The maximum absolute atomic E-state index is 15.0. The highest BCUT2D eigenvalue weighted by molar-refractivity contribution is 5.98. The number of carbonyl (C=O) groups is 1. The molecule has 1 aliphatic rings. The minimum atomic E-state index is -3.35. The fraction of sp³-hybridized carbons (Fsp3) is 0.192. The Morgan fingerprint density at radius 1 is 1.03 bits per heavy atom. The molecule has 0 saturated heterocycles. The number of fused-ring (bicyclic) bond motifs is 2. The second kappa shape index (κ2) is 9.23. The molecular weight excluding hydrogens is 492 g/mol. The number of aromatic nitrogens is 2. The summed E-state index contributed by atoms with van der Waals surface area (Å²) in [7, 11) is 2.98. The van der Waals surface area contributed by atoms with Crippen LogP contribution in [0.5, 0.6) is 11.5 Å². The van der Waals surface area contributed by atoms with Gasteiger partial charge in [-0.15, -0.1) is 0 Å². The van der Waals surface area contributed by atoms with Crippen molar-refractivity contribution < 1.29 is 31.8 Å². The number of rotatable bonds is 6. The van der Waals surface area contributed by atoms with Crippen LogP contribution in [0.4, 0.5) is 34.8 Å². The summed E-state index contributed by atoms with van der Waals surface area (Å²) in [6.07, 6.45) is 0.766. The van der Waals surface area contributed by atoms with Crippen LogP contribution in [0.3, 0.4) is 0 Å². The third-order valence-electron chi connectivity index (χ3n) is 6.09. The van der Waals surface area contributed by atoms with Gasteiger partial charge in [-0.3, -0.25) is 4.79 Å². The number of hydrogen-bond donors (Lipinski definition) is 1. The van der Waals surface area contributed by atoms with E-state index in [0.717, 1.165) is 23.1 Å². The van der Waals surface area contributed by atoms with E-state index in [1.165, 1.54) is 38.7 Å². The van der Waals surface area contributed by atoms with Gasteiger partial charge in [0.25, 0.3) is 5.92 Å². The first-order valence-corrected chi connectivity index (χ1v) is 11.1. The monoisotopic (exact) mass is 512 g/mol. The van der Waals surface area contributed by atoms with E-state index >= 15 is 0 Å². The molecule has 7 nitrogen and oxygen atoms in total. The van der Waals surface area contributed by atoms with Crippen LogP contribution in [-0.2, 0) is 17.1 Å². The van der Waals surface area contributed by atoms with E-state index in [9.17, 15) is 22.4 Å². The molecule has 0 bridgehead atoms. The van der Waals surface area contributed by atoms with Crippen molar-refractivity contribution in [1.82, 2.24) is 9.97 Å². The van der Waals surface area contributed by atoms with Gasteiger partial charge in [0, 0.05) is 28.3 Å². The molecule has 3 aromatic carbocycles. The van der Waals surface area contributed by atoms with Gasteiger partial charge in [-0.05, 0) is 42.5 Å². The lowest BCUT2D eigenvalue weighted by Gasteiger charge is -2.18. The molecular formula is C26H20F4N4O3. The molecule has 0 unspecified atom stereocenters. The zero-order valence-electron chi connectivity index (χ0n) is 19.7. The highest BCUT2D eigenvalue weighted by atomic mass is 19.3. The number of alkyl halides is 2. The largest absolute Gasteiger partial charge is 0.493 e. The molecule has 2 heterocycles. The maximum atomic E-state index is 15.0. The predicted octanol–water partition coefficient (Wildman–Crippen LogP) is 5.35.